The predicted molar refractivity (Wildman–Crippen MR) is 56.3 cm³/mol. The number of aryl methyl sites for hydroxylation is 1. The van der Waals surface area contributed by atoms with E-state index in [1.54, 1.807) is 18.5 Å². The Kier molecular flexibility index (Phi) is 2.54. The number of carbonyl (C=O) groups is 1. The Morgan fingerprint density at radius 2 is 2.43 bits per heavy atom. The van der Waals surface area contributed by atoms with Gasteiger partial charge in [0.15, 0.2) is 0 Å². The Balaban J connectivity index is 2.24. The third-order valence-electron chi connectivity index (χ3n) is 2.70. The van der Waals surface area contributed by atoms with E-state index in [0.717, 1.165) is 25.9 Å². The van der Waals surface area contributed by atoms with Gasteiger partial charge >= 0.3 is 0 Å². The van der Waals surface area contributed by atoms with Crippen LogP contribution in [-0.4, -0.2) is 21.7 Å². The van der Waals surface area contributed by atoms with Gasteiger partial charge in [0.2, 0.25) is 5.91 Å². The molecule has 2 heterocycles. The first-order valence-electron chi connectivity index (χ1n) is 4.94. The number of nitrogens with zero attached hydrogens (tertiary/aromatic N) is 2. The van der Waals surface area contributed by atoms with Crippen molar-refractivity contribution in [1.29, 1.82) is 0 Å². The van der Waals surface area contributed by atoms with Gasteiger partial charge in [-0.25, -0.2) is 0 Å². The van der Waals surface area contributed by atoms with Crippen molar-refractivity contribution in [3.63, 3.8) is 0 Å². The molecule has 0 unspecified atom stereocenters. The number of hydrogen-bond acceptors (Lipinski definition) is 3. The van der Waals surface area contributed by atoms with E-state index in [9.17, 15) is 4.79 Å². The molecule has 0 radical (unpaired) electrons. The second-order valence-corrected chi connectivity index (χ2v) is 4.43. The standard InChI is InChI=1S/C10H14N2OS/c1-3-9-8-4-5-12(7(2)13)6-10(8)14-11-9/h3-6H2,1-2H3. The van der Waals surface area contributed by atoms with E-state index < -0.39 is 0 Å². The Bertz CT molecular complexity index is 359. The maximum absolute atomic E-state index is 11.2. The van der Waals surface area contributed by atoms with Gasteiger partial charge in [-0.1, -0.05) is 6.92 Å². The van der Waals surface area contributed by atoms with Crippen molar-refractivity contribution in [2.24, 2.45) is 0 Å². The van der Waals surface area contributed by atoms with Gasteiger partial charge < -0.3 is 4.90 Å². The van der Waals surface area contributed by atoms with E-state index in [0.29, 0.717) is 0 Å². The number of hydrogen-bond donors (Lipinski definition) is 0. The number of carbonyl (C=O) groups excluding carboxylic acids is 1. The van der Waals surface area contributed by atoms with Crippen LogP contribution in [0.3, 0.4) is 0 Å². The molecule has 1 aliphatic heterocycles. The van der Waals surface area contributed by atoms with E-state index in [2.05, 4.69) is 11.3 Å². The van der Waals surface area contributed by atoms with Crippen molar-refractivity contribution in [2.75, 3.05) is 6.54 Å². The van der Waals surface area contributed by atoms with Gasteiger partial charge in [0.25, 0.3) is 0 Å². The lowest BCUT2D eigenvalue weighted by molar-refractivity contribution is -0.129. The van der Waals surface area contributed by atoms with Crippen LogP contribution < -0.4 is 0 Å². The Labute approximate surface area is 87.9 Å². The summed E-state index contributed by atoms with van der Waals surface area (Å²) in [7, 11) is 0. The SMILES string of the molecule is CCc1nsc2c1CCN(C(C)=O)C2. The largest absolute Gasteiger partial charge is 0.337 e. The molecule has 0 aromatic carbocycles. The summed E-state index contributed by atoms with van der Waals surface area (Å²) in [5.74, 6) is 0.169. The minimum absolute atomic E-state index is 0.169. The van der Waals surface area contributed by atoms with Crippen LogP contribution in [0.15, 0.2) is 0 Å². The molecule has 1 aromatic heterocycles. The summed E-state index contributed by atoms with van der Waals surface area (Å²) in [4.78, 5) is 14.4. The van der Waals surface area contributed by atoms with Gasteiger partial charge in [0.1, 0.15) is 0 Å². The van der Waals surface area contributed by atoms with Crippen molar-refractivity contribution in [1.82, 2.24) is 9.27 Å². The summed E-state index contributed by atoms with van der Waals surface area (Å²) in [5.41, 5.74) is 2.63. The Morgan fingerprint density at radius 3 is 3.07 bits per heavy atom. The Morgan fingerprint density at radius 1 is 1.64 bits per heavy atom. The fourth-order valence-corrected chi connectivity index (χ4v) is 2.84. The van der Waals surface area contributed by atoms with Gasteiger partial charge in [-0.2, -0.15) is 4.37 Å². The molecule has 0 fully saturated rings. The summed E-state index contributed by atoms with van der Waals surface area (Å²) < 4.78 is 4.41. The number of rotatable bonds is 1. The van der Waals surface area contributed by atoms with Crippen LogP contribution in [0.1, 0.15) is 30.0 Å². The van der Waals surface area contributed by atoms with E-state index >= 15 is 0 Å². The molecule has 0 bridgehead atoms. The van der Waals surface area contributed by atoms with E-state index in [-0.39, 0.29) is 5.91 Å². The van der Waals surface area contributed by atoms with Crippen LogP contribution in [0.4, 0.5) is 0 Å². The number of aromatic nitrogens is 1. The number of fused-ring (bicyclic) bond motifs is 1. The van der Waals surface area contributed by atoms with Crippen molar-refractivity contribution in [2.45, 2.75) is 33.2 Å². The van der Waals surface area contributed by atoms with Crippen molar-refractivity contribution < 1.29 is 4.79 Å². The maximum Gasteiger partial charge on any atom is 0.219 e. The highest BCUT2D eigenvalue weighted by atomic mass is 32.1. The van der Waals surface area contributed by atoms with Gasteiger partial charge in [0.05, 0.1) is 12.2 Å². The smallest absolute Gasteiger partial charge is 0.219 e. The molecule has 0 N–H and O–H groups in total. The van der Waals surface area contributed by atoms with Crippen molar-refractivity contribution in [3.8, 4) is 0 Å². The van der Waals surface area contributed by atoms with E-state index in [1.807, 2.05) is 4.90 Å². The first-order chi connectivity index (χ1) is 6.72. The number of amides is 1. The lowest BCUT2D eigenvalue weighted by Crippen LogP contribution is -2.33. The molecular weight excluding hydrogens is 196 g/mol. The molecule has 0 aliphatic carbocycles. The van der Waals surface area contributed by atoms with Gasteiger partial charge in [0, 0.05) is 18.3 Å². The first kappa shape index (κ1) is 9.65. The molecule has 4 heteroatoms. The monoisotopic (exact) mass is 210 g/mol. The molecule has 1 amide bonds. The molecular formula is C10H14N2OS. The summed E-state index contributed by atoms with van der Waals surface area (Å²) in [5, 5.41) is 0. The zero-order valence-corrected chi connectivity index (χ0v) is 9.36. The molecule has 2 rings (SSSR count). The summed E-state index contributed by atoms with van der Waals surface area (Å²) in [6, 6.07) is 0. The highest BCUT2D eigenvalue weighted by Gasteiger charge is 2.22. The third-order valence-corrected chi connectivity index (χ3v) is 3.60. The quantitative estimate of drug-likeness (QED) is 0.705. The predicted octanol–water partition coefficient (Wildman–Crippen LogP) is 1.61. The van der Waals surface area contributed by atoms with Gasteiger partial charge in [-0.3, -0.25) is 4.79 Å². The third kappa shape index (κ3) is 1.54. The fraction of sp³-hybridized carbons (Fsp3) is 0.600. The van der Waals surface area contributed by atoms with Crippen LogP contribution in [0.2, 0.25) is 0 Å². The second-order valence-electron chi connectivity index (χ2n) is 3.58. The molecule has 1 aliphatic rings. The van der Waals surface area contributed by atoms with E-state index in [4.69, 9.17) is 0 Å². The lowest BCUT2D eigenvalue weighted by Gasteiger charge is -2.25. The average molecular weight is 210 g/mol. The molecule has 0 saturated heterocycles. The lowest BCUT2D eigenvalue weighted by atomic mass is 10.0. The molecule has 76 valence electrons. The van der Waals surface area contributed by atoms with E-state index in [1.165, 1.54) is 16.1 Å². The molecule has 1 aromatic rings. The highest BCUT2D eigenvalue weighted by Crippen LogP contribution is 2.26. The minimum Gasteiger partial charge on any atom is -0.337 e. The van der Waals surface area contributed by atoms with Crippen LogP contribution in [0, 0.1) is 0 Å². The van der Waals surface area contributed by atoms with Crippen LogP contribution in [-0.2, 0) is 24.2 Å². The molecule has 0 spiro atoms. The van der Waals surface area contributed by atoms with Crippen LogP contribution in [0.25, 0.3) is 0 Å². The Hall–Kier alpha value is -0.900. The first-order valence-corrected chi connectivity index (χ1v) is 5.71. The zero-order valence-electron chi connectivity index (χ0n) is 8.54. The minimum atomic E-state index is 0.169. The van der Waals surface area contributed by atoms with Gasteiger partial charge in [-0.15, -0.1) is 0 Å². The molecule has 0 atom stereocenters. The second kappa shape index (κ2) is 3.69. The summed E-state index contributed by atoms with van der Waals surface area (Å²) >= 11 is 1.55. The summed E-state index contributed by atoms with van der Waals surface area (Å²) in [6.07, 6.45) is 1.99. The molecule has 0 saturated carbocycles. The van der Waals surface area contributed by atoms with Crippen molar-refractivity contribution >= 4 is 17.4 Å². The highest BCUT2D eigenvalue weighted by molar-refractivity contribution is 7.06. The topological polar surface area (TPSA) is 33.2 Å². The normalized spacial score (nSPS) is 15.4. The maximum atomic E-state index is 11.2. The molecule has 14 heavy (non-hydrogen) atoms. The average Bonchev–Trinajstić information content (AvgIpc) is 2.59. The summed E-state index contributed by atoms with van der Waals surface area (Å²) in [6.45, 7) is 5.38. The zero-order chi connectivity index (χ0) is 10.1. The van der Waals surface area contributed by atoms with Crippen molar-refractivity contribution in [3.05, 3.63) is 16.1 Å². The van der Waals surface area contributed by atoms with Crippen LogP contribution >= 0.6 is 11.5 Å². The fourth-order valence-electron chi connectivity index (χ4n) is 1.84. The van der Waals surface area contributed by atoms with Gasteiger partial charge in [-0.05, 0) is 29.9 Å². The van der Waals surface area contributed by atoms with Crippen LogP contribution in [0.5, 0.6) is 0 Å². The molecule has 3 nitrogen and oxygen atoms in total.